The van der Waals surface area contributed by atoms with Crippen molar-refractivity contribution in [3.8, 4) is 12.3 Å². The molecule has 2 aliphatic rings. The van der Waals surface area contributed by atoms with Gasteiger partial charge in [-0.25, -0.2) is 0 Å². The molecule has 1 unspecified atom stereocenters. The highest BCUT2D eigenvalue weighted by Crippen LogP contribution is 2.32. The van der Waals surface area contributed by atoms with E-state index in [0.29, 0.717) is 12.5 Å². The van der Waals surface area contributed by atoms with Crippen LogP contribution in [-0.2, 0) is 4.79 Å². The molecule has 2 aliphatic heterocycles. The Morgan fingerprint density at radius 2 is 2.11 bits per heavy atom. The lowest BCUT2D eigenvalue weighted by molar-refractivity contribution is -0.143. The van der Waals surface area contributed by atoms with Crippen LogP contribution in [0.5, 0.6) is 0 Å². The van der Waals surface area contributed by atoms with Crippen molar-refractivity contribution in [1.82, 2.24) is 15.1 Å². The monoisotopic (exact) mass is 249 g/mol. The van der Waals surface area contributed by atoms with E-state index in [2.05, 4.69) is 23.1 Å². The molecule has 0 aromatic heterocycles. The van der Waals surface area contributed by atoms with Crippen LogP contribution in [0.2, 0.25) is 0 Å². The van der Waals surface area contributed by atoms with Crippen LogP contribution < -0.4 is 5.32 Å². The van der Waals surface area contributed by atoms with Gasteiger partial charge in [-0.2, -0.15) is 0 Å². The molecule has 2 saturated heterocycles. The highest BCUT2D eigenvalue weighted by molar-refractivity contribution is 5.83. The van der Waals surface area contributed by atoms with Gasteiger partial charge in [-0.3, -0.25) is 9.69 Å². The number of hydrogen-bond donors (Lipinski definition) is 1. The largest absolute Gasteiger partial charge is 0.340 e. The summed E-state index contributed by atoms with van der Waals surface area (Å²) in [5.74, 6) is 3.01. The predicted octanol–water partition coefficient (Wildman–Crippen LogP) is 0.154. The Morgan fingerprint density at radius 1 is 1.39 bits per heavy atom. The molecule has 4 nitrogen and oxygen atoms in total. The van der Waals surface area contributed by atoms with Crippen molar-refractivity contribution >= 4 is 5.91 Å². The van der Waals surface area contributed by atoms with Crippen LogP contribution in [0.4, 0.5) is 0 Å². The SMILES string of the molecule is C#CCN1CCN(C(=O)C2(CC)CCNC2)CC1. The second kappa shape index (κ2) is 5.73. The molecule has 2 fully saturated rings. The molecule has 2 rings (SSSR count). The molecule has 1 amide bonds. The van der Waals surface area contributed by atoms with Crippen molar-refractivity contribution in [2.24, 2.45) is 5.41 Å². The zero-order valence-electron chi connectivity index (χ0n) is 11.2. The third-order valence-electron chi connectivity index (χ3n) is 4.35. The van der Waals surface area contributed by atoms with Crippen LogP contribution in [0.1, 0.15) is 19.8 Å². The summed E-state index contributed by atoms with van der Waals surface area (Å²) in [6, 6.07) is 0. The van der Waals surface area contributed by atoms with Gasteiger partial charge in [0, 0.05) is 32.7 Å². The van der Waals surface area contributed by atoms with Gasteiger partial charge in [-0.05, 0) is 19.4 Å². The number of terminal acetylenes is 1. The van der Waals surface area contributed by atoms with Crippen LogP contribution in [0.3, 0.4) is 0 Å². The third-order valence-corrected chi connectivity index (χ3v) is 4.35. The summed E-state index contributed by atoms with van der Waals surface area (Å²) in [5.41, 5.74) is -0.145. The van der Waals surface area contributed by atoms with E-state index in [0.717, 1.165) is 52.1 Å². The summed E-state index contributed by atoms with van der Waals surface area (Å²) in [6.07, 6.45) is 7.23. The van der Waals surface area contributed by atoms with E-state index < -0.39 is 0 Å². The summed E-state index contributed by atoms with van der Waals surface area (Å²) in [7, 11) is 0. The Kier molecular flexibility index (Phi) is 4.26. The molecule has 0 aromatic carbocycles. The minimum absolute atomic E-state index is 0.145. The first kappa shape index (κ1) is 13.4. The summed E-state index contributed by atoms with van der Waals surface area (Å²) in [5, 5.41) is 3.33. The molecule has 2 heterocycles. The molecule has 0 bridgehead atoms. The first-order valence-corrected chi connectivity index (χ1v) is 6.88. The average Bonchev–Trinajstić information content (AvgIpc) is 2.89. The van der Waals surface area contributed by atoms with Crippen LogP contribution in [0.15, 0.2) is 0 Å². The predicted molar refractivity (Wildman–Crippen MR) is 72.1 cm³/mol. The molecule has 1 atom stereocenters. The maximum absolute atomic E-state index is 12.6. The van der Waals surface area contributed by atoms with Gasteiger partial charge in [0.15, 0.2) is 0 Å². The average molecular weight is 249 g/mol. The van der Waals surface area contributed by atoms with E-state index in [1.165, 1.54) is 0 Å². The minimum atomic E-state index is -0.145. The fourth-order valence-corrected chi connectivity index (χ4v) is 2.95. The summed E-state index contributed by atoms with van der Waals surface area (Å²) in [4.78, 5) is 16.9. The number of nitrogens with zero attached hydrogens (tertiary/aromatic N) is 2. The summed E-state index contributed by atoms with van der Waals surface area (Å²) >= 11 is 0. The van der Waals surface area contributed by atoms with Crippen molar-refractivity contribution in [2.75, 3.05) is 45.8 Å². The minimum Gasteiger partial charge on any atom is -0.340 e. The van der Waals surface area contributed by atoms with Crippen LogP contribution in [-0.4, -0.2) is 61.5 Å². The molecule has 100 valence electrons. The Morgan fingerprint density at radius 3 is 2.61 bits per heavy atom. The molecule has 1 N–H and O–H groups in total. The number of piperazine rings is 1. The normalized spacial score (nSPS) is 29.2. The molecule has 0 radical (unpaired) electrons. The number of rotatable bonds is 3. The van der Waals surface area contributed by atoms with E-state index in [1.807, 2.05) is 4.90 Å². The maximum atomic E-state index is 12.6. The van der Waals surface area contributed by atoms with Gasteiger partial charge in [0.05, 0.1) is 12.0 Å². The van der Waals surface area contributed by atoms with Gasteiger partial charge >= 0.3 is 0 Å². The first-order valence-electron chi connectivity index (χ1n) is 6.88. The third kappa shape index (κ3) is 2.52. The quantitative estimate of drug-likeness (QED) is 0.724. The first-order chi connectivity index (χ1) is 8.72. The number of amides is 1. The Bertz CT molecular complexity index is 333. The lowest BCUT2D eigenvalue weighted by atomic mass is 9.82. The van der Waals surface area contributed by atoms with Crippen LogP contribution in [0.25, 0.3) is 0 Å². The molecule has 4 heteroatoms. The molecule has 0 aromatic rings. The van der Waals surface area contributed by atoms with Gasteiger partial charge in [-0.1, -0.05) is 12.8 Å². The van der Waals surface area contributed by atoms with Crippen molar-refractivity contribution < 1.29 is 4.79 Å². The maximum Gasteiger partial charge on any atom is 0.230 e. The Labute approximate surface area is 110 Å². The fourth-order valence-electron chi connectivity index (χ4n) is 2.95. The smallest absolute Gasteiger partial charge is 0.230 e. The van der Waals surface area contributed by atoms with E-state index in [-0.39, 0.29) is 5.41 Å². The van der Waals surface area contributed by atoms with Crippen molar-refractivity contribution in [3.63, 3.8) is 0 Å². The van der Waals surface area contributed by atoms with E-state index in [4.69, 9.17) is 6.42 Å². The van der Waals surface area contributed by atoms with Gasteiger partial charge in [0.25, 0.3) is 0 Å². The van der Waals surface area contributed by atoms with E-state index in [1.54, 1.807) is 0 Å². The topological polar surface area (TPSA) is 35.6 Å². The molecular formula is C14H23N3O. The zero-order valence-corrected chi connectivity index (χ0v) is 11.2. The molecular weight excluding hydrogens is 226 g/mol. The lowest BCUT2D eigenvalue weighted by Gasteiger charge is -2.38. The summed E-state index contributed by atoms with van der Waals surface area (Å²) < 4.78 is 0. The van der Waals surface area contributed by atoms with Gasteiger partial charge in [-0.15, -0.1) is 6.42 Å². The highest BCUT2D eigenvalue weighted by Gasteiger charge is 2.42. The number of carbonyl (C=O) groups is 1. The van der Waals surface area contributed by atoms with Crippen molar-refractivity contribution in [2.45, 2.75) is 19.8 Å². The van der Waals surface area contributed by atoms with E-state index >= 15 is 0 Å². The van der Waals surface area contributed by atoms with Gasteiger partial charge < -0.3 is 10.2 Å². The standard InChI is InChI=1S/C14H23N3O/c1-3-7-16-8-10-17(11-9-16)13(18)14(4-2)5-6-15-12-14/h1,15H,4-12H2,2H3. The summed E-state index contributed by atoms with van der Waals surface area (Å²) in [6.45, 7) is 8.09. The molecule has 0 spiro atoms. The highest BCUT2D eigenvalue weighted by atomic mass is 16.2. The number of nitrogens with one attached hydrogen (secondary N) is 1. The number of carbonyl (C=O) groups excluding carboxylic acids is 1. The lowest BCUT2D eigenvalue weighted by Crippen LogP contribution is -2.53. The molecule has 18 heavy (non-hydrogen) atoms. The second-order valence-corrected chi connectivity index (χ2v) is 5.33. The van der Waals surface area contributed by atoms with Crippen LogP contribution >= 0.6 is 0 Å². The fraction of sp³-hybridized carbons (Fsp3) is 0.786. The Balaban J connectivity index is 1.93. The van der Waals surface area contributed by atoms with Gasteiger partial charge in [0.2, 0.25) is 5.91 Å². The van der Waals surface area contributed by atoms with E-state index in [9.17, 15) is 4.79 Å². The molecule has 0 saturated carbocycles. The second-order valence-electron chi connectivity index (χ2n) is 5.33. The van der Waals surface area contributed by atoms with Crippen LogP contribution in [0, 0.1) is 17.8 Å². The zero-order chi connectivity index (χ0) is 13.0. The van der Waals surface area contributed by atoms with Gasteiger partial charge in [0.1, 0.15) is 0 Å². The van der Waals surface area contributed by atoms with Crippen molar-refractivity contribution in [1.29, 1.82) is 0 Å². The molecule has 0 aliphatic carbocycles. The Hall–Kier alpha value is -1.05. The van der Waals surface area contributed by atoms with Crippen molar-refractivity contribution in [3.05, 3.63) is 0 Å². The number of hydrogen-bond acceptors (Lipinski definition) is 3.